The maximum absolute atomic E-state index is 5.90. The summed E-state index contributed by atoms with van der Waals surface area (Å²) >= 11 is 0. The highest BCUT2D eigenvalue weighted by atomic mass is 15.1. The van der Waals surface area contributed by atoms with Crippen LogP contribution in [0.25, 0.3) is 0 Å². The molecule has 0 radical (unpaired) electrons. The molecule has 6 nitrogen and oxygen atoms in total. The van der Waals surface area contributed by atoms with E-state index in [9.17, 15) is 0 Å². The summed E-state index contributed by atoms with van der Waals surface area (Å²) in [6.45, 7) is 11.6. The molecule has 6 heteroatoms. The van der Waals surface area contributed by atoms with E-state index in [0.29, 0.717) is 36.8 Å². The van der Waals surface area contributed by atoms with E-state index < -0.39 is 0 Å². The Labute approximate surface area is 158 Å². The molecule has 146 valence electrons. The number of aliphatic imine (C=N–C) groups is 2. The molecule has 0 aromatic heterocycles. The first kappa shape index (κ1) is 21.8. The van der Waals surface area contributed by atoms with Gasteiger partial charge in [0.1, 0.15) is 0 Å². The predicted molar refractivity (Wildman–Crippen MR) is 112 cm³/mol. The van der Waals surface area contributed by atoms with Gasteiger partial charge in [-0.3, -0.25) is 0 Å². The molecule has 0 atom stereocenters. The van der Waals surface area contributed by atoms with Crippen LogP contribution in [0.1, 0.15) is 51.7 Å². The number of hydrogen-bond donors (Lipinski definition) is 4. The van der Waals surface area contributed by atoms with Crippen molar-refractivity contribution in [2.45, 2.75) is 53.6 Å². The SMILES string of the molecule is CC(C)CCNC(N)=NCc1cccc(CN=C(N)NCCC(C)C)c1. The van der Waals surface area contributed by atoms with Gasteiger partial charge in [-0.15, -0.1) is 0 Å². The zero-order valence-corrected chi connectivity index (χ0v) is 16.8. The van der Waals surface area contributed by atoms with E-state index in [2.05, 4.69) is 54.4 Å². The third-order valence-electron chi connectivity index (χ3n) is 3.91. The van der Waals surface area contributed by atoms with E-state index in [1.54, 1.807) is 0 Å². The van der Waals surface area contributed by atoms with Gasteiger partial charge in [0, 0.05) is 13.1 Å². The highest BCUT2D eigenvalue weighted by molar-refractivity contribution is 5.78. The molecular weight excluding hydrogens is 324 g/mol. The molecule has 1 aromatic carbocycles. The van der Waals surface area contributed by atoms with Gasteiger partial charge in [-0.05, 0) is 35.8 Å². The van der Waals surface area contributed by atoms with E-state index in [-0.39, 0.29) is 0 Å². The van der Waals surface area contributed by atoms with Gasteiger partial charge >= 0.3 is 0 Å². The molecule has 0 saturated heterocycles. The van der Waals surface area contributed by atoms with Crippen molar-refractivity contribution < 1.29 is 0 Å². The molecule has 0 heterocycles. The monoisotopic (exact) mass is 360 g/mol. The first-order valence-corrected chi connectivity index (χ1v) is 9.52. The Morgan fingerprint density at radius 2 is 1.27 bits per heavy atom. The lowest BCUT2D eigenvalue weighted by Gasteiger charge is -2.08. The maximum Gasteiger partial charge on any atom is 0.188 e. The molecular formula is C20H36N6. The van der Waals surface area contributed by atoms with Crippen molar-refractivity contribution in [2.75, 3.05) is 13.1 Å². The summed E-state index contributed by atoms with van der Waals surface area (Å²) in [5.41, 5.74) is 14.0. The lowest BCUT2D eigenvalue weighted by Crippen LogP contribution is -2.33. The van der Waals surface area contributed by atoms with Crippen LogP contribution in [-0.2, 0) is 13.1 Å². The predicted octanol–water partition coefficient (Wildman–Crippen LogP) is 2.59. The Morgan fingerprint density at radius 3 is 1.65 bits per heavy atom. The molecule has 0 spiro atoms. The van der Waals surface area contributed by atoms with Crippen molar-refractivity contribution in [3.8, 4) is 0 Å². The van der Waals surface area contributed by atoms with Crippen LogP contribution in [0.2, 0.25) is 0 Å². The van der Waals surface area contributed by atoms with E-state index in [4.69, 9.17) is 11.5 Å². The van der Waals surface area contributed by atoms with Gasteiger partial charge in [-0.1, -0.05) is 52.0 Å². The number of nitrogens with one attached hydrogen (secondary N) is 2. The van der Waals surface area contributed by atoms with E-state index in [1.807, 2.05) is 18.2 Å². The van der Waals surface area contributed by atoms with Gasteiger partial charge in [0.25, 0.3) is 0 Å². The minimum absolute atomic E-state index is 0.493. The van der Waals surface area contributed by atoms with Crippen molar-refractivity contribution in [3.63, 3.8) is 0 Å². The number of hydrogen-bond acceptors (Lipinski definition) is 2. The van der Waals surface area contributed by atoms with Crippen LogP contribution in [0.4, 0.5) is 0 Å². The van der Waals surface area contributed by atoms with Gasteiger partial charge in [0.05, 0.1) is 13.1 Å². The van der Waals surface area contributed by atoms with Crippen LogP contribution in [0.5, 0.6) is 0 Å². The van der Waals surface area contributed by atoms with E-state index in [0.717, 1.165) is 37.1 Å². The summed E-state index contributed by atoms with van der Waals surface area (Å²) in [4.78, 5) is 8.79. The Balaban J connectivity index is 2.46. The number of rotatable bonds is 10. The molecule has 0 unspecified atom stereocenters. The summed E-state index contributed by atoms with van der Waals surface area (Å²) in [6, 6.07) is 8.20. The van der Waals surface area contributed by atoms with Crippen molar-refractivity contribution >= 4 is 11.9 Å². The molecule has 0 aliphatic carbocycles. The second kappa shape index (κ2) is 12.2. The van der Waals surface area contributed by atoms with Gasteiger partial charge < -0.3 is 22.1 Å². The Hall–Kier alpha value is -2.24. The zero-order chi connectivity index (χ0) is 19.4. The van der Waals surface area contributed by atoms with Crippen LogP contribution in [0.3, 0.4) is 0 Å². The minimum atomic E-state index is 0.493. The van der Waals surface area contributed by atoms with Crippen molar-refractivity contribution in [1.29, 1.82) is 0 Å². The average Bonchev–Trinajstić information content (AvgIpc) is 2.58. The molecule has 0 aliphatic heterocycles. The largest absolute Gasteiger partial charge is 0.370 e. The standard InChI is InChI=1S/C20H36N6/c1-15(2)8-10-23-19(21)25-13-17-6-5-7-18(12-17)14-26-20(22)24-11-9-16(3)4/h5-7,12,15-16H,8-11,13-14H2,1-4H3,(H3,21,23,25)(H3,22,24,26). The molecule has 0 fully saturated rings. The molecule has 1 aromatic rings. The van der Waals surface area contributed by atoms with Crippen molar-refractivity contribution in [2.24, 2.45) is 33.3 Å². The third kappa shape index (κ3) is 10.6. The van der Waals surface area contributed by atoms with Gasteiger partial charge in [-0.2, -0.15) is 0 Å². The Kier molecular flexibility index (Phi) is 10.2. The van der Waals surface area contributed by atoms with Crippen LogP contribution in [0, 0.1) is 11.8 Å². The molecule has 0 saturated carbocycles. The Morgan fingerprint density at radius 1 is 0.846 bits per heavy atom. The lowest BCUT2D eigenvalue weighted by atomic mass is 10.1. The number of nitrogens with zero attached hydrogens (tertiary/aromatic N) is 2. The zero-order valence-electron chi connectivity index (χ0n) is 16.8. The van der Waals surface area contributed by atoms with Crippen LogP contribution in [-0.4, -0.2) is 25.0 Å². The summed E-state index contributed by atoms with van der Waals surface area (Å²) in [5, 5.41) is 6.29. The summed E-state index contributed by atoms with van der Waals surface area (Å²) in [6.07, 6.45) is 2.16. The number of benzene rings is 1. The van der Waals surface area contributed by atoms with Crippen LogP contribution < -0.4 is 22.1 Å². The van der Waals surface area contributed by atoms with Crippen LogP contribution in [0.15, 0.2) is 34.3 Å². The highest BCUT2D eigenvalue weighted by Gasteiger charge is 1.99. The summed E-state index contributed by atoms with van der Waals surface area (Å²) < 4.78 is 0. The fourth-order valence-electron chi connectivity index (χ4n) is 2.27. The van der Waals surface area contributed by atoms with Gasteiger partial charge in [-0.25, -0.2) is 9.98 Å². The number of guanidine groups is 2. The maximum atomic E-state index is 5.90. The molecule has 0 bridgehead atoms. The minimum Gasteiger partial charge on any atom is -0.370 e. The second-order valence-corrected chi connectivity index (χ2v) is 7.44. The fourth-order valence-corrected chi connectivity index (χ4v) is 2.27. The first-order valence-electron chi connectivity index (χ1n) is 9.52. The number of nitrogens with two attached hydrogens (primary N) is 2. The normalized spacial score (nSPS) is 12.7. The molecule has 1 rings (SSSR count). The van der Waals surface area contributed by atoms with Crippen molar-refractivity contribution in [1.82, 2.24) is 10.6 Å². The average molecular weight is 361 g/mol. The first-order chi connectivity index (χ1) is 12.4. The quantitative estimate of drug-likeness (QED) is 0.380. The molecule has 0 amide bonds. The smallest absolute Gasteiger partial charge is 0.188 e. The highest BCUT2D eigenvalue weighted by Crippen LogP contribution is 2.08. The Bertz CT molecular complexity index is 530. The van der Waals surface area contributed by atoms with Gasteiger partial charge in [0.15, 0.2) is 11.9 Å². The fraction of sp³-hybridized carbons (Fsp3) is 0.600. The summed E-state index contributed by atoms with van der Waals surface area (Å²) in [7, 11) is 0. The molecule has 26 heavy (non-hydrogen) atoms. The summed E-state index contributed by atoms with van der Waals surface area (Å²) in [5.74, 6) is 2.29. The molecule has 6 N–H and O–H groups in total. The topological polar surface area (TPSA) is 101 Å². The van der Waals surface area contributed by atoms with Crippen LogP contribution >= 0.6 is 0 Å². The van der Waals surface area contributed by atoms with E-state index in [1.165, 1.54) is 0 Å². The van der Waals surface area contributed by atoms with Gasteiger partial charge in [0.2, 0.25) is 0 Å². The third-order valence-corrected chi connectivity index (χ3v) is 3.91. The lowest BCUT2D eigenvalue weighted by molar-refractivity contribution is 0.576. The van der Waals surface area contributed by atoms with E-state index >= 15 is 0 Å². The van der Waals surface area contributed by atoms with Crippen molar-refractivity contribution in [3.05, 3.63) is 35.4 Å². The molecule has 0 aliphatic rings. The second-order valence-electron chi connectivity index (χ2n) is 7.44.